The predicted molar refractivity (Wildman–Crippen MR) is 112 cm³/mol. The van der Waals surface area contributed by atoms with Gasteiger partial charge in [-0.2, -0.15) is 0 Å². The second-order valence-corrected chi connectivity index (χ2v) is 7.42. The molecule has 0 saturated heterocycles. The first-order valence-electron chi connectivity index (χ1n) is 10.4. The number of rotatable bonds is 8. The molecule has 1 fully saturated rings. The molecular weight excluding hydrogens is 350 g/mol. The normalized spacial score (nSPS) is 16.4. The highest BCUT2D eigenvalue weighted by Gasteiger charge is 2.42. The van der Waals surface area contributed by atoms with Gasteiger partial charge in [0.2, 0.25) is 5.91 Å². The van der Waals surface area contributed by atoms with Crippen LogP contribution in [0.3, 0.4) is 0 Å². The van der Waals surface area contributed by atoms with Gasteiger partial charge in [-0.05, 0) is 56.9 Å². The average Bonchev–Trinajstić information content (AvgIpc) is 3.21. The molecule has 1 aliphatic carbocycles. The van der Waals surface area contributed by atoms with Gasteiger partial charge in [-0.3, -0.25) is 4.79 Å². The van der Waals surface area contributed by atoms with Crippen LogP contribution in [0.4, 0.5) is 0 Å². The lowest BCUT2D eigenvalue weighted by Gasteiger charge is -2.30. The molecule has 28 heavy (non-hydrogen) atoms. The molecule has 1 aliphatic rings. The van der Waals surface area contributed by atoms with E-state index in [4.69, 9.17) is 9.47 Å². The first-order valence-corrected chi connectivity index (χ1v) is 10.4. The molecule has 2 aromatic carbocycles. The van der Waals surface area contributed by atoms with Crippen molar-refractivity contribution in [1.29, 1.82) is 0 Å². The quantitative estimate of drug-likeness (QED) is 0.686. The molecule has 2 aromatic rings. The minimum atomic E-state index is -0.413. The molecule has 1 atom stereocenters. The van der Waals surface area contributed by atoms with Crippen molar-refractivity contribution in [2.75, 3.05) is 13.2 Å². The predicted octanol–water partition coefficient (Wildman–Crippen LogP) is 5.17. The Bertz CT molecular complexity index is 782. The topological polar surface area (TPSA) is 47.6 Å². The number of hydrogen-bond donors (Lipinski definition) is 1. The lowest BCUT2D eigenvalue weighted by Crippen LogP contribution is -2.43. The molecule has 3 rings (SSSR count). The Morgan fingerprint density at radius 2 is 1.64 bits per heavy atom. The second kappa shape index (κ2) is 9.13. The SMILES string of the molecule is CCOc1ccc([C@H](C)NC(=O)C2(c3ccccc3)CCCC2)cc1OCC. The van der Waals surface area contributed by atoms with Gasteiger partial charge < -0.3 is 14.8 Å². The monoisotopic (exact) mass is 381 g/mol. The maximum atomic E-state index is 13.4. The third-order valence-corrected chi connectivity index (χ3v) is 5.63. The molecular formula is C24H31NO3. The standard InChI is InChI=1S/C24H31NO3/c1-4-27-21-14-13-19(17-22(21)28-5-2)18(3)25-23(26)24(15-9-10-16-24)20-11-7-6-8-12-20/h6-8,11-14,17-18H,4-5,9-10,15-16H2,1-3H3,(H,25,26)/t18-/m0/s1. The molecule has 4 nitrogen and oxygen atoms in total. The van der Waals surface area contributed by atoms with Crippen LogP contribution in [0.25, 0.3) is 0 Å². The lowest BCUT2D eigenvalue weighted by molar-refractivity contribution is -0.127. The fourth-order valence-electron chi connectivity index (χ4n) is 4.14. The molecule has 0 aromatic heterocycles. The van der Waals surface area contributed by atoms with Crippen molar-refractivity contribution in [3.63, 3.8) is 0 Å². The van der Waals surface area contributed by atoms with Crippen molar-refractivity contribution < 1.29 is 14.3 Å². The van der Waals surface area contributed by atoms with Crippen LogP contribution in [0.15, 0.2) is 48.5 Å². The summed E-state index contributed by atoms with van der Waals surface area (Å²) in [5.74, 6) is 1.58. The van der Waals surface area contributed by atoms with Gasteiger partial charge in [0.25, 0.3) is 0 Å². The van der Waals surface area contributed by atoms with Gasteiger partial charge in [-0.1, -0.05) is 49.2 Å². The van der Waals surface area contributed by atoms with Crippen LogP contribution in [-0.4, -0.2) is 19.1 Å². The summed E-state index contributed by atoms with van der Waals surface area (Å²) in [4.78, 5) is 13.4. The van der Waals surface area contributed by atoms with E-state index in [1.165, 1.54) is 0 Å². The van der Waals surface area contributed by atoms with Gasteiger partial charge >= 0.3 is 0 Å². The molecule has 0 aliphatic heterocycles. The van der Waals surface area contributed by atoms with Gasteiger partial charge in [0, 0.05) is 0 Å². The molecule has 1 amide bonds. The highest BCUT2D eigenvalue weighted by molar-refractivity contribution is 5.89. The minimum Gasteiger partial charge on any atom is -0.490 e. The maximum Gasteiger partial charge on any atom is 0.231 e. The zero-order chi connectivity index (χ0) is 20.0. The fourth-order valence-corrected chi connectivity index (χ4v) is 4.14. The zero-order valence-electron chi connectivity index (χ0n) is 17.2. The Hall–Kier alpha value is -2.49. The van der Waals surface area contributed by atoms with Crippen LogP contribution < -0.4 is 14.8 Å². The number of benzene rings is 2. The summed E-state index contributed by atoms with van der Waals surface area (Å²) in [6.45, 7) is 7.10. The number of hydrogen-bond acceptors (Lipinski definition) is 3. The largest absolute Gasteiger partial charge is 0.490 e. The Labute approximate surface area is 168 Å². The molecule has 1 saturated carbocycles. The molecule has 0 heterocycles. The van der Waals surface area contributed by atoms with Gasteiger partial charge in [-0.25, -0.2) is 0 Å². The van der Waals surface area contributed by atoms with E-state index in [0.29, 0.717) is 13.2 Å². The van der Waals surface area contributed by atoms with Crippen LogP contribution in [-0.2, 0) is 10.2 Å². The summed E-state index contributed by atoms with van der Waals surface area (Å²) in [6.07, 6.45) is 3.99. The number of nitrogens with one attached hydrogen (secondary N) is 1. The highest BCUT2D eigenvalue weighted by Crippen LogP contribution is 2.42. The third-order valence-electron chi connectivity index (χ3n) is 5.63. The Morgan fingerprint density at radius 3 is 2.29 bits per heavy atom. The number of carbonyl (C=O) groups is 1. The first-order chi connectivity index (χ1) is 13.6. The molecule has 4 heteroatoms. The number of carbonyl (C=O) groups excluding carboxylic acids is 1. The smallest absolute Gasteiger partial charge is 0.231 e. The zero-order valence-corrected chi connectivity index (χ0v) is 17.2. The Kier molecular flexibility index (Phi) is 6.61. The van der Waals surface area contributed by atoms with E-state index in [0.717, 1.165) is 48.3 Å². The summed E-state index contributed by atoms with van der Waals surface area (Å²) in [5, 5.41) is 3.26. The first kappa shape index (κ1) is 20.2. The summed E-state index contributed by atoms with van der Waals surface area (Å²) < 4.78 is 11.4. The summed E-state index contributed by atoms with van der Waals surface area (Å²) in [6, 6.07) is 16.0. The van der Waals surface area contributed by atoms with E-state index < -0.39 is 5.41 Å². The van der Waals surface area contributed by atoms with Crippen LogP contribution >= 0.6 is 0 Å². The van der Waals surface area contributed by atoms with Gasteiger partial charge in [0.1, 0.15) is 0 Å². The van der Waals surface area contributed by atoms with E-state index in [1.807, 2.05) is 57.2 Å². The summed E-state index contributed by atoms with van der Waals surface area (Å²) in [7, 11) is 0. The lowest BCUT2D eigenvalue weighted by atomic mass is 9.77. The number of amides is 1. The van der Waals surface area contributed by atoms with E-state index in [1.54, 1.807) is 0 Å². The molecule has 0 unspecified atom stereocenters. The van der Waals surface area contributed by atoms with E-state index in [2.05, 4.69) is 17.4 Å². The fraction of sp³-hybridized carbons (Fsp3) is 0.458. The summed E-state index contributed by atoms with van der Waals surface area (Å²) in [5.41, 5.74) is 1.73. The van der Waals surface area contributed by atoms with E-state index in [-0.39, 0.29) is 11.9 Å². The maximum absolute atomic E-state index is 13.4. The van der Waals surface area contributed by atoms with Crippen molar-refractivity contribution in [2.24, 2.45) is 0 Å². The van der Waals surface area contributed by atoms with Crippen molar-refractivity contribution in [2.45, 2.75) is 57.9 Å². The summed E-state index contributed by atoms with van der Waals surface area (Å²) >= 11 is 0. The molecule has 1 N–H and O–H groups in total. The van der Waals surface area contributed by atoms with Crippen LogP contribution in [0, 0.1) is 0 Å². The minimum absolute atomic E-state index is 0.108. The molecule has 0 spiro atoms. The average molecular weight is 382 g/mol. The number of ether oxygens (including phenoxy) is 2. The van der Waals surface area contributed by atoms with E-state index >= 15 is 0 Å². The van der Waals surface area contributed by atoms with Gasteiger partial charge in [-0.15, -0.1) is 0 Å². The van der Waals surface area contributed by atoms with Crippen molar-refractivity contribution in [1.82, 2.24) is 5.32 Å². The van der Waals surface area contributed by atoms with E-state index in [9.17, 15) is 4.79 Å². The Morgan fingerprint density at radius 1 is 1.00 bits per heavy atom. The van der Waals surface area contributed by atoms with Crippen LogP contribution in [0.2, 0.25) is 0 Å². The van der Waals surface area contributed by atoms with Crippen LogP contribution in [0.5, 0.6) is 11.5 Å². The third kappa shape index (κ3) is 4.16. The van der Waals surface area contributed by atoms with Crippen molar-refractivity contribution in [3.8, 4) is 11.5 Å². The highest BCUT2D eigenvalue weighted by atomic mass is 16.5. The van der Waals surface area contributed by atoms with Crippen molar-refractivity contribution >= 4 is 5.91 Å². The van der Waals surface area contributed by atoms with Gasteiger partial charge in [0.05, 0.1) is 24.7 Å². The Balaban J connectivity index is 1.80. The van der Waals surface area contributed by atoms with Crippen molar-refractivity contribution in [3.05, 3.63) is 59.7 Å². The van der Waals surface area contributed by atoms with Gasteiger partial charge in [0.15, 0.2) is 11.5 Å². The molecule has 0 bridgehead atoms. The second-order valence-electron chi connectivity index (χ2n) is 7.42. The van der Waals surface area contributed by atoms with Crippen LogP contribution in [0.1, 0.15) is 63.6 Å². The molecule has 150 valence electrons. The molecule has 0 radical (unpaired) electrons.